The molecule has 3 aliphatic heterocycles. The van der Waals surface area contributed by atoms with Crippen molar-refractivity contribution in [1.82, 2.24) is 0 Å². The minimum atomic E-state index is -1.85. The van der Waals surface area contributed by atoms with E-state index in [1.165, 1.54) is 12.8 Å². The van der Waals surface area contributed by atoms with Gasteiger partial charge in [-0.2, -0.15) is 0 Å². The average molecular weight is 384 g/mol. The van der Waals surface area contributed by atoms with E-state index in [4.69, 9.17) is 18.9 Å². The maximum atomic E-state index is 12.2. The number of ether oxygens (including phenoxy) is 4. The number of carbonyl (C=O) groups excluding carboxylic acids is 1. The molecule has 1 unspecified atom stereocenters. The first kappa shape index (κ1) is 20.7. The van der Waals surface area contributed by atoms with E-state index in [9.17, 15) is 15.0 Å². The number of allylic oxidation sites excluding steroid dienone is 1. The highest BCUT2D eigenvalue weighted by Gasteiger charge is 2.68. The molecule has 3 heterocycles. The van der Waals surface area contributed by atoms with E-state index in [1.807, 2.05) is 6.08 Å². The number of fused-ring (bicyclic) bond motifs is 1. The molecule has 3 aliphatic rings. The van der Waals surface area contributed by atoms with Crippen LogP contribution in [0.3, 0.4) is 0 Å². The van der Waals surface area contributed by atoms with Gasteiger partial charge in [0.25, 0.3) is 5.79 Å². The smallest absolute Gasteiger partial charge is 0.308 e. The molecule has 0 aromatic heterocycles. The van der Waals surface area contributed by atoms with Crippen molar-refractivity contribution >= 4 is 5.97 Å². The lowest BCUT2D eigenvalue weighted by Crippen LogP contribution is -2.54. The number of hydrogen-bond acceptors (Lipinski definition) is 7. The van der Waals surface area contributed by atoms with Crippen LogP contribution in [0.4, 0.5) is 0 Å². The minimum absolute atomic E-state index is 0.00613. The van der Waals surface area contributed by atoms with Crippen LogP contribution in [0.5, 0.6) is 0 Å². The second-order valence-electron chi connectivity index (χ2n) is 7.90. The van der Waals surface area contributed by atoms with Crippen molar-refractivity contribution in [1.29, 1.82) is 0 Å². The van der Waals surface area contributed by atoms with Crippen LogP contribution in [0, 0.1) is 0 Å². The highest BCUT2D eigenvalue weighted by Crippen LogP contribution is 2.47. The SMILES string of the molecule is C=CCCCCCCCCC(=O)O[C@]1(O)CO[C@]2(CC3CO3)[C@@H](O)CO[C@@H]21. The van der Waals surface area contributed by atoms with Gasteiger partial charge in [0.1, 0.15) is 18.3 Å². The predicted octanol–water partition coefficient (Wildman–Crippen LogP) is 1.84. The molecule has 0 aromatic rings. The van der Waals surface area contributed by atoms with Crippen LogP contribution in [0.2, 0.25) is 0 Å². The third-order valence-corrected chi connectivity index (χ3v) is 5.66. The van der Waals surface area contributed by atoms with Gasteiger partial charge in [0.2, 0.25) is 0 Å². The number of esters is 1. The summed E-state index contributed by atoms with van der Waals surface area (Å²) in [7, 11) is 0. The third-order valence-electron chi connectivity index (χ3n) is 5.66. The monoisotopic (exact) mass is 384 g/mol. The van der Waals surface area contributed by atoms with Gasteiger partial charge in [-0.25, -0.2) is 0 Å². The Labute approximate surface area is 160 Å². The molecule has 7 heteroatoms. The lowest BCUT2D eigenvalue weighted by molar-refractivity contribution is -0.238. The Bertz CT molecular complexity index is 520. The molecule has 0 amide bonds. The van der Waals surface area contributed by atoms with E-state index in [0.717, 1.165) is 32.1 Å². The first-order valence-electron chi connectivity index (χ1n) is 10.1. The molecule has 3 fully saturated rings. The lowest BCUT2D eigenvalue weighted by Gasteiger charge is -2.32. The molecule has 0 saturated carbocycles. The normalized spacial score (nSPS) is 37.2. The molecule has 0 bridgehead atoms. The summed E-state index contributed by atoms with van der Waals surface area (Å²) in [5.74, 6) is -2.31. The molecule has 154 valence electrons. The number of hydrogen-bond donors (Lipinski definition) is 2. The summed E-state index contributed by atoms with van der Waals surface area (Å²) in [5, 5.41) is 21.1. The Balaban J connectivity index is 1.40. The van der Waals surface area contributed by atoms with Gasteiger partial charge in [-0.1, -0.05) is 31.8 Å². The van der Waals surface area contributed by atoms with Gasteiger partial charge < -0.3 is 29.2 Å². The predicted molar refractivity (Wildman–Crippen MR) is 97.0 cm³/mol. The molecule has 2 N–H and O–H groups in total. The van der Waals surface area contributed by atoms with Crippen molar-refractivity contribution in [3.63, 3.8) is 0 Å². The third kappa shape index (κ3) is 4.90. The summed E-state index contributed by atoms with van der Waals surface area (Å²) in [4.78, 5) is 12.2. The van der Waals surface area contributed by atoms with Gasteiger partial charge in [-0.05, 0) is 19.3 Å². The highest BCUT2D eigenvalue weighted by atomic mass is 16.7. The molecule has 3 rings (SSSR count). The maximum absolute atomic E-state index is 12.2. The van der Waals surface area contributed by atoms with Crippen LogP contribution in [0.1, 0.15) is 57.8 Å². The van der Waals surface area contributed by atoms with Crippen LogP contribution in [-0.2, 0) is 23.7 Å². The topological polar surface area (TPSA) is 97.8 Å². The largest absolute Gasteiger partial charge is 0.428 e. The zero-order valence-electron chi connectivity index (χ0n) is 15.9. The molecule has 5 atom stereocenters. The summed E-state index contributed by atoms with van der Waals surface area (Å²) in [5.41, 5.74) is -1.07. The second kappa shape index (κ2) is 9.01. The van der Waals surface area contributed by atoms with Crippen LogP contribution in [0.15, 0.2) is 12.7 Å². The number of carbonyl (C=O) groups is 1. The van der Waals surface area contributed by atoms with E-state index in [-0.39, 0.29) is 25.7 Å². The molecular weight excluding hydrogens is 352 g/mol. The zero-order valence-corrected chi connectivity index (χ0v) is 15.9. The van der Waals surface area contributed by atoms with Gasteiger partial charge >= 0.3 is 5.97 Å². The molecule has 27 heavy (non-hydrogen) atoms. The van der Waals surface area contributed by atoms with Crippen molar-refractivity contribution in [3.8, 4) is 0 Å². The Morgan fingerprint density at radius 1 is 1.15 bits per heavy atom. The number of rotatable bonds is 12. The number of aliphatic hydroxyl groups is 2. The van der Waals surface area contributed by atoms with Crippen molar-refractivity contribution in [2.75, 3.05) is 19.8 Å². The van der Waals surface area contributed by atoms with Crippen molar-refractivity contribution in [2.45, 2.75) is 87.5 Å². The Kier molecular flexibility index (Phi) is 6.92. The van der Waals surface area contributed by atoms with Crippen LogP contribution in [0.25, 0.3) is 0 Å². The van der Waals surface area contributed by atoms with Crippen LogP contribution < -0.4 is 0 Å². The molecule has 7 nitrogen and oxygen atoms in total. The van der Waals surface area contributed by atoms with E-state index in [2.05, 4.69) is 6.58 Å². The van der Waals surface area contributed by atoms with Gasteiger partial charge in [0, 0.05) is 12.8 Å². The lowest BCUT2D eigenvalue weighted by atomic mass is 9.86. The van der Waals surface area contributed by atoms with Crippen molar-refractivity contribution < 1.29 is 34.0 Å². The zero-order chi connectivity index (χ0) is 19.3. The van der Waals surface area contributed by atoms with E-state index in [1.54, 1.807) is 0 Å². The van der Waals surface area contributed by atoms with Gasteiger partial charge in [-0.3, -0.25) is 4.79 Å². The fraction of sp³-hybridized carbons (Fsp3) is 0.850. The summed E-state index contributed by atoms with van der Waals surface area (Å²) in [6.45, 7) is 4.16. The number of unbranched alkanes of at least 4 members (excludes halogenated alkanes) is 6. The first-order chi connectivity index (χ1) is 13.0. The van der Waals surface area contributed by atoms with Crippen LogP contribution >= 0.6 is 0 Å². The van der Waals surface area contributed by atoms with Gasteiger partial charge in [-0.15, -0.1) is 6.58 Å². The molecule has 0 radical (unpaired) electrons. The molecule has 0 aromatic carbocycles. The molecule has 0 spiro atoms. The fourth-order valence-electron chi connectivity index (χ4n) is 4.08. The molecule has 3 saturated heterocycles. The number of aliphatic hydroxyl groups excluding tert-OH is 1. The highest BCUT2D eigenvalue weighted by molar-refractivity contribution is 5.69. The average Bonchev–Trinajstić information content (AvgIpc) is 3.32. The Morgan fingerprint density at radius 2 is 1.85 bits per heavy atom. The fourth-order valence-corrected chi connectivity index (χ4v) is 4.08. The van der Waals surface area contributed by atoms with E-state index >= 15 is 0 Å². The maximum Gasteiger partial charge on any atom is 0.308 e. The summed E-state index contributed by atoms with van der Waals surface area (Å²) >= 11 is 0. The summed E-state index contributed by atoms with van der Waals surface area (Å²) in [6, 6.07) is 0. The Morgan fingerprint density at radius 3 is 2.56 bits per heavy atom. The van der Waals surface area contributed by atoms with Gasteiger partial charge in [0.05, 0.1) is 19.3 Å². The standard InChI is InChI=1S/C20H32O7/c1-2-3-4-5-6-7-8-9-10-17(22)27-20(23)14-26-19(11-15-12-24-15)16(21)13-25-18(19)20/h2,15-16,18,21,23H,1,3-14H2/t15?,16-,18-,19+,20+/m0/s1. The van der Waals surface area contributed by atoms with Gasteiger partial charge in [0.15, 0.2) is 6.10 Å². The quantitative estimate of drug-likeness (QED) is 0.174. The number of epoxide rings is 1. The van der Waals surface area contributed by atoms with Crippen LogP contribution in [-0.4, -0.2) is 65.7 Å². The molecule has 0 aliphatic carbocycles. The second-order valence-corrected chi connectivity index (χ2v) is 7.90. The molecular formula is C20H32O7. The van der Waals surface area contributed by atoms with Crippen molar-refractivity contribution in [3.05, 3.63) is 12.7 Å². The summed E-state index contributed by atoms with van der Waals surface area (Å²) in [6.07, 6.45) is 8.17. The van der Waals surface area contributed by atoms with E-state index < -0.39 is 29.6 Å². The minimum Gasteiger partial charge on any atom is -0.428 e. The Hall–Kier alpha value is -0.990. The summed E-state index contributed by atoms with van der Waals surface area (Å²) < 4.78 is 21.9. The van der Waals surface area contributed by atoms with E-state index in [0.29, 0.717) is 13.0 Å². The van der Waals surface area contributed by atoms with Crippen molar-refractivity contribution in [2.24, 2.45) is 0 Å². The first-order valence-corrected chi connectivity index (χ1v) is 10.1.